The molecule has 1 aromatic carbocycles. The molecule has 158 valence electrons. The smallest absolute Gasteiger partial charge is 0.308 e. The van der Waals surface area contributed by atoms with Gasteiger partial charge in [0.2, 0.25) is 11.8 Å². The Bertz CT molecular complexity index is 888. The summed E-state index contributed by atoms with van der Waals surface area (Å²) in [5.74, 6) is 2.56. The predicted molar refractivity (Wildman–Crippen MR) is 108 cm³/mol. The molecule has 1 amide bonds. The lowest BCUT2D eigenvalue weighted by Crippen LogP contribution is -2.53. The number of carbonyl (C=O) groups is 2. The van der Waals surface area contributed by atoms with Crippen molar-refractivity contribution in [3.8, 4) is 11.5 Å². The number of hydrogen-bond donors (Lipinski definition) is 1. The lowest BCUT2D eigenvalue weighted by Gasteiger charge is -2.55. The summed E-state index contributed by atoms with van der Waals surface area (Å²) in [6.07, 6.45) is 7.13. The van der Waals surface area contributed by atoms with Gasteiger partial charge in [-0.25, -0.2) is 0 Å². The quantitative estimate of drug-likeness (QED) is 0.704. The number of amides is 1. The molecule has 0 spiro atoms. The average molecular weight is 409 g/mol. The lowest BCUT2D eigenvalue weighted by molar-refractivity contribution is -0.147. The zero-order valence-electron chi connectivity index (χ0n) is 17.0. The zero-order valence-corrected chi connectivity index (χ0v) is 17.0. The van der Waals surface area contributed by atoms with E-state index >= 15 is 0 Å². The largest absolute Gasteiger partial charge is 0.456 e. The number of nitrogens with zero attached hydrogens (tertiary/aromatic N) is 2. The second-order valence-corrected chi connectivity index (χ2v) is 9.23. The van der Waals surface area contributed by atoms with Gasteiger partial charge in [-0.2, -0.15) is 0 Å². The summed E-state index contributed by atoms with van der Waals surface area (Å²) in [6, 6.07) is 9.42. The summed E-state index contributed by atoms with van der Waals surface area (Å²) < 4.78 is 10.8. The maximum absolute atomic E-state index is 12.9. The van der Waals surface area contributed by atoms with Gasteiger partial charge in [0.25, 0.3) is 5.89 Å². The molecule has 4 saturated carbocycles. The minimum Gasteiger partial charge on any atom is -0.456 e. The van der Waals surface area contributed by atoms with Gasteiger partial charge >= 0.3 is 5.97 Å². The van der Waals surface area contributed by atoms with Crippen LogP contribution in [0.3, 0.4) is 0 Å². The summed E-state index contributed by atoms with van der Waals surface area (Å²) in [5.41, 5.74) is 0.631. The van der Waals surface area contributed by atoms with Crippen LogP contribution in [0.4, 0.5) is 0 Å². The van der Waals surface area contributed by atoms with Crippen molar-refractivity contribution < 1.29 is 18.7 Å². The Balaban J connectivity index is 1.07. The van der Waals surface area contributed by atoms with Crippen molar-refractivity contribution in [2.75, 3.05) is 6.54 Å². The molecule has 4 aliphatic rings. The monoisotopic (exact) mass is 409 g/mol. The normalized spacial score (nSPS) is 29.0. The summed E-state index contributed by atoms with van der Waals surface area (Å²) in [7, 11) is 0. The van der Waals surface area contributed by atoms with Crippen LogP contribution in [0.15, 0.2) is 34.7 Å². The number of esters is 1. The standard InChI is InChI=1S/C23H27N3O4/c27-20(29-14-19-25-26-21(30-19)18-4-2-1-3-5-18)6-7-24-22(28)23-11-15-8-16(12-23)10-17(9-15)13-23/h1-5,15-17H,6-14H2,(H,24,28). The summed E-state index contributed by atoms with van der Waals surface area (Å²) in [6.45, 7) is 0.236. The summed E-state index contributed by atoms with van der Waals surface area (Å²) >= 11 is 0. The van der Waals surface area contributed by atoms with Crippen molar-refractivity contribution in [3.05, 3.63) is 36.2 Å². The van der Waals surface area contributed by atoms with E-state index in [-0.39, 0.29) is 36.2 Å². The Morgan fingerprint density at radius 2 is 1.70 bits per heavy atom. The van der Waals surface area contributed by atoms with E-state index in [0.717, 1.165) is 42.6 Å². The Kier molecular flexibility index (Phi) is 5.05. The van der Waals surface area contributed by atoms with Gasteiger partial charge in [0, 0.05) is 17.5 Å². The van der Waals surface area contributed by atoms with E-state index < -0.39 is 0 Å². The Hall–Kier alpha value is -2.70. The molecule has 0 aliphatic heterocycles. The first-order valence-corrected chi connectivity index (χ1v) is 10.9. The summed E-state index contributed by atoms with van der Waals surface area (Å²) in [5, 5.41) is 10.9. The molecule has 0 radical (unpaired) electrons. The van der Waals surface area contributed by atoms with Crippen molar-refractivity contribution in [1.82, 2.24) is 15.5 Å². The molecular formula is C23H27N3O4. The fourth-order valence-electron chi connectivity index (χ4n) is 6.08. The van der Waals surface area contributed by atoms with Crippen molar-refractivity contribution >= 4 is 11.9 Å². The molecule has 2 aromatic rings. The fourth-order valence-corrected chi connectivity index (χ4v) is 6.08. The van der Waals surface area contributed by atoms with Gasteiger partial charge < -0.3 is 14.5 Å². The molecule has 4 fully saturated rings. The molecule has 1 heterocycles. The molecular weight excluding hydrogens is 382 g/mol. The Morgan fingerprint density at radius 3 is 2.37 bits per heavy atom. The van der Waals surface area contributed by atoms with Crippen LogP contribution < -0.4 is 5.32 Å². The second-order valence-electron chi connectivity index (χ2n) is 9.23. The number of nitrogens with one attached hydrogen (secondary N) is 1. The van der Waals surface area contributed by atoms with Gasteiger partial charge in [0.1, 0.15) is 0 Å². The van der Waals surface area contributed by atoms with Gasteiger partial charge in [-0.1, -0.05) is 18.2 Å². The highest BCUT2D eigenvalue weighted by molar-refractivity contribution is 5.83. The topological polar surface area (TPSA) is 94.3 Å². The van der Waals surface area contributed by atoms with E-state index in [9.17, 15) is 9.59 Å². The van der Waals surface area contributed by atoms with E-state index in [2.05, 4.69) is 15.5 Å². The van der Waals surface area contributed by atoms with E-state index in [1.54, 1.807) is 0 Å². The number of ether oxygens (including phenoxy) is 1. The predicted octanol–water partition coefficient (Wildman–Crippen LogP) is 3.50. The minimum absolute atomic E-state index is 0.0679. The fraction of sp³-hybridized carbons (Fsp3) is 0.565. The molecule has 0 saturated heterocycles. The SMILES string of the molecule is O=C(CCNC(=O)C12CC3CC(CC(C3)C1)C2)OCc1nnc(-c2ccccc2)o1. The molecule has 7 nitrogen and oxygen atoms in total. The van der Waals surface area contributed by atoms with Gasteiger partial charge in [-0.05, 0) is 68.4 Å². The maximum atomic E-state index is 12.9. The molecule has 0 unspecified atom stereocenters. The highest BCUT2D eigenvalue weighted by Gasteiger charge is 2.54. The van der Waals surface area contributed by atoms with Gasteiger partial charge in [0.15, 0.2) is 6.61 Å². The molecule has 1 N–H and O–H groups in total. The highest BCUT2D eigenvalue weighted by Crippen LogP contribution is 2.60. The van der Waals surface area contributed by atoms with Crippen LogP contribution in [0.25, 0.3) is 11.5 Å². The Morgan fingerprint density at radius 1 is 1.03 bits per heavy atom. The average Bonchev–Trinajstić information content (AvgIpc) is 3.21. The molecule has 4 aliphatic carbocycles. The van der Waals surface area contributed by atoms with Crippen LogP contribution in [0, 0.1) is 23.2 Å². The molecule has 4 bridgehead atoms. The van der Waals surface area contributed by atoms with Gasteiger partial charge in [-0.3, -0.25) is 9.59 Å². The third-order valence-electron chi connectivity index (χ3n) is 6.98. The molecule has 0 atom stereocenters. The first kappa shape index (κ1) is 19.3. The van der Waals surface area contributed by atoms with E-state index in [1.807, 2.05) is 30.3 Å². The van der Waals surface area contributed by atoms with Crippen LogP contribution in [-0.4, -0.2) is 28.6 Å². The third kappa shape index (κ3) is 3.85. The first-order chi connectivity index (χ1) is 14.6. The van der Waals surface area contributed by atoms with Crippen molar-refractivity contribution in [1.29, 1.82) is 0 Å². The number of hydrogen-bond acceptors (Lipinski definition) is 6. The molecule has 1 aromatic heterocycles. The number of benzene rings is 1. The molecule has 7 heteroatoms. The van der Waals surface area contributed by atoms with E-state index in [1.165, 1.54) is 19.3 Å². The van der Waals surface area contributed by atoms with Gasteiger partial charge in [-0.15, -0.1) is 10.2 Å². The van der Waals surface area contributed by atoms with E-state index in [4.69, 9.17) is 9.15 Å². The third-order valence-corrected chi connectivity index (χ3v) is 6.98. The maximum Gasteiger partial charge on any atom is 0.308 e. The second kappa shape index (κ2) is 7.85. The van der Waals surface area contributed by atoms with Gasteiger partial charge in [0.05, 0.1) is 6.42 Å². The summed E-state index contributed by atoms with van der Waals surface area (Å²) in [4.78, 5) is 25.0. The van der Waals surface area contributed by atoms with Crippen molar-refractivity contribution in [3.63, 3.8) is 0 Å². The zero-order chi connectivity index (χ0) is 20.6. The van der Waals surface area contributed by atoms with Crippen molar-refractivity contribution in [2.45, 2.75) is 51.6 Å². The highest BCUT2D eigenvalue weighted by atomic mass is 16.5. The molecule has 6 rings (SSSR count). The minimum atomic E-state index is -0.389. The number of rotatable bonds is 7. The number of aromatic nitrogens is 2. The van der Waals surface area contributed by atoms with Crippen LogP contribution in [0.1, 0.15) is 50.8 Å². The number of carbonyl (C=O) groups excluding carboxylic acids is 2. The van der Waals surface area contributed by atoms with Crippen LogP contribution in [0.2, 0.25) is 0 Å². The molecule has 30 heavy (non-hydrogen) atoms. The van der Waals surface area contributed by atoms with E-state index in [0.29, 0.717) is 12.4 Å². The lowest BCUT2D eigenvalue weighted by atomic mass is 9.49. The van der Waals surface area contributed by atoms with Crippen molar-refractivity contribution in [2.24, 2.45) is 23.2 Å². The Labute approximate surface area is 175 Å². The van der Waals surface area contributed by atoms with Crippen LogP contribution in [0.5, 0.6) is 0 Å². The first-order valence-electron chi connectivity index (χ1n) is 10.9. The van der Waals surface area contributed by atoms with Crippen LogP contribution >= 0.6 is 0 Å². The van der Waals surface area contributed by atoms with Crippen LogP contribution in [-0.2, 0) is 20.9 Å².